The Kier molecular flexibility index (Phi) is 8.09. The number of carbonyl (C=O) groups is 2. The predicted molar refractivity (Wildman–Crippen MR) is 117 cm³/mol. The van der Waals surface area contributed by atoms with E-state index in [1.54, 1.807) is 7.11 Å². The summed E-state index contributed by atoms with van der Waals surface area (Å²) in [6, 6.07) is 3.64. The van der Waals surface area contributed by atoms with Crippen LogP contribution in [0.2, 0.25) is 0 Å². The number of nitrogens with zero attached hydrogens (tertiary/aromatic N) is 2. The fraction of sp³-hybridized carbons (Fsp3) is 0.550. The van der Waals surface area contributed by atoms with E-state index in [9.17, 15) is 9.59 Å². The lowest BCUT2D eigenvalue weighted by molar-refractivity contribution is -0.140. The Morgan fingerprint density at radius 3 is 2.73 bits per heavy atom. The molecule has 9 nitrogen and oxygen atoms in total. The first-order chi connectivity index (χ1) is 14.6. The number of carbonyl (C=O) groups excluding carboxylic acids is 2. The number of thiazole rings is 1. The van der Waals surface area contributed by atoms with Crippen molar-refractivity contribution in [3.63, 3.8) is 0 Å². The van der Waals surface area contributed by atoms with E-state index in [0.717, 1.165) is 48.3 Å². The molecule has 0 atom stereocenters. The van der Waals surface area contributed by atoms with E-state index in [1.807, 2.05) is 12.1 Å². The van der Waals surface area contributed by atoms with E-state index in [-0.39, 0.29) is 12.0 Å². The SMILES string of the molecule is COC(=O)CCCCCNC(=O)Nc1nc2c(OC)ccc(N3CCOCC3)c2s1. The van der Waals surface area contributed by atoms with Crippen molar-refractivity contribution in [1.29, 1.82) is 0 Å². The summed E-state index contributed by atoms with van der Waals surface area (Å²) < 4.78 is 16.5. The molecule has 0 unspecified atom stereocenters. The summed E-state index contributed by atoms with van der Waals surface area (Å²) in [7, 11) is 3.00. The van der Waals surface area contributed by atoms with E-state index in [4.69, 9.17) is 9.47 Å². The molecule has 10 heteroatoms. The standard InChI is InChI=1S/C20H28N4O5S/c1-27-15-8-7-14(24-10-12-29-13-11-24)18-17(15)22-20(30-18)23-19(26)21-9-5-3-4-6-16(25)28-2/h7-8H,3-6,9-13H2,1-2H3,(H2,21,22,23,26). The third-order valence-electron chi connectivity index (χ3n) is 4.85. The van der Waals surface area contributed by atoms with Gasteiger partial charge < -0.3 is 24.4 Å². The summed E-state index contributed by atoms with van der Waals surface area (Å²) in [6.07, 6.45) is 2.79. The number of hydrogen-bond donors (Lipinski definition) is 2. The lowest BCUT2D eigenvalue weighted by atomic mass is 10.2. The second-order valence-electron chi connectivity index (χ2n) is 6.85. The van der Waals surface area contributed by atoms with Crippen LogP contribution in [0.1, 0.15) is 25.7 Å². The van der Waals surface area contributed by atoms with Crippen molar-refractivity contribution in [2.75, 3.05) is 57.3 Å². The van der Waals surface area contributed by atoms with E-state index in [1.165, 1.54) is 18.4 Å². The number of aromatic nitrogens is 1. The van der Waals surface area contributed by atoms with E-state index in [2.05, 4.69) is 25.3 Å². The summed E-state index contributed by atoms with van der Waals surface area (Å²) in [5.41, 5.74) is 1.82. The van der Waals surface area contributed by atoms with Crippen molar-refractivity contribution in [3.8, 4) is 5.75 Å². The van der Waals surface area contributed by atoms with E-state index >= 15 is 0 Å². The van der Waals surface area contributed by atoms with E-state index < -0.39 is 0 Å². The second-order valence-corrected chi connectivity index (χ2v) is 7.85. The lowest BCUT2D eigenvalue weighted by Crippen LogP contribution is -2.36. The van der Waals surface area contributed by atoms with Gasteiger partial charge in [-0.05, 0) is 25.0 Å². The van der Waals surface area contributed by atoms with Crippen molar-refractivity contribution in [2.45, 2.75) is 25.7 Å². The van der Waals surface area contributed by atoms with Crippen molar-refractivity contribution in [1.82, 2.24) is 10.3 Å². The molecule has 0 spiro atoms. The van der Waals surface area contributed by atoms with Crippen LogP contribution in [0.5, 0.6) is 5.75 Å². The molecule has 2 amide bonds. The van der Waals surface area contributed by atoms with Gasteiger partial charge in [0, 0.05) is 26.1 Å². The minimum Gasteiger partial charge on any atom is -0.494 e. The number of morpholine rings is 1. The number of anilines is 2. The van der Waals surface area contributed by atoms with Gasteiger partial charge in [-0.15, -0.1) is 0 Å². The van der Waals surface area contributed by atoms with Crippen LogP contribution in [-0.4, -0.2) is 64.1 Å². The molecule has 0 aliphatic carbocycles. The molecule has 30 heavy (non-hydrogen) atoms. The summed E-state index contributed by atoms with van der Waals surface area (Å²) in [6.45, 7) is 3.55. The Balaban J connectivity index is 1.58. The zero-order chi connectivity index (χ0) is 21.3. The van der Waals surface area contributed by atoms with Crippen LogP contribution < -0.4 is 20.3 Å². The fourth-order valence-corrected chi connectivity index (χ4v) is 4.28. The van der Waals surface area contributed by atoms with Crippen LogP contribution in [0, 0.1) is 0 Å². The number of ether oxygens (including phenoxy) is 3. The zero-order valence-electron chi connectivity index (χ0n) is 17.4. The van der Waals surface area contributed by atoms with Crippen LogP contribution in [0.25, 0.3) is 10.2 Å². The van der Waals surface area contributed by atoms with Crippen LogP contribution in [0.3, 0.4) is 0 Å². The number of esters is 1. The fourth-order valence-electron chi connectivity index (χ4n) is 3.26. The number of nitrogens with one attached hydrogen (secondary N) is 2. The Morgan fingerprint density at radius 1 is 1.20 bits per heavy atom. The molecule has 2 N–H and O–H groups in total. The minimum atomic E-state index is -0.297. The van der Waals surface area contributed by atoms with E-state index in [0.29, 0.717) is 37.1 Å². The molecule has 1 aliphatic heterocycles. The molecule has 1 aromatic carbocycles. The largest absolute Gasteiger partial charge is 0.494 e. The summed E-state index contributed by atoms with van der Waals surface area (Å²) in [5.74, 6) is 0.473. The summed E-state index contributed by atoms with van der Waals surface area (Å²) in [4.78, 5) is 30.1. The maximum absolute atomic E-state index is 12.2. The summed E-state index contributed by atoms with van der Waals surface area (Å²) >= 11 is 1.43. The van der Waals surface area contributed by atoms with Crippen molar-refractivity contribution < 1.29 is 23.8 Å². The highest BCUT2D eigenvalue weighted by Gasteiger charge is 2.19. The second kappa shape index (κ2) is 11.0. The van der Waals surface area contributed by atoms with Crippen molar-refractivity contribution in [3.05, 3.63) is 12.1 Å². The quantitative estimate of drug-likeness (QED) is 0.460. The number of rotatable bonds is 9. The molecular weight excluding hydrogens is 408 g/mol. The molecule has 0 radical (unpaired) electrons. The van der Waals surface area contributed by atoms with Gasteiger partial charge in [0.2, 0.25) is 0 Å². The molecule has 1 saturated heterocycles. The van der Waals surface area contributed by atoms with Gasteiger partial charge in [-0.3, -0.25) is 10.1 Å². The number of unbranched alkanes of at least 4 members (excludes halogenated alkanes) is 2. The smallest absolute Gasteiger partial charge is 0.321 e. The van der Waals surface area contributed by atoms with Gasteiger partial charge in [0.15, 0.2) is 5.13 Å². The predicted octanol–water partition coefficient (Wildman–Crippen LogP) is 3.00. The highest BCUT2D eigenvalue weighted by Crippen LogP contribution is 2.39. The Labute approximate surface area is 179 Å². The number of methoxy groups -OCH3 is 2. The van der Waals surface area contributed by atoms with Gasteiger partial charge in [0.25, 0.3) is 0 Å². The molecule has 3 rings (SSSR count). The maximum Gasteiger partial charge on any atom is 0.321 e. The van der Waals surface area contributed by atoms with Gasteiger partial charge in [-0.1, -0.05) is 17.8 Å². The molecule has 1 aromatic heterocycles. The average Bonchev–Trinajstić information content (AvgIpc) is 3.19. The third kappa shape index (κ3) is 5.73. The van der Waals surface area contributed by atoms with Crippen LogP contribution in [0.15, 0.2) is 12.1 Å². The Bertz CT molecular complexity index is 866. The molecule has 1 fully saturated rings. The number of fused-ring (bicyclic) bond motifs is 1. The Morgan fingerprint density at radius 2 is 2.00 bits per heavy atom. The molecular formula is C20H28N4O5S. The zero-order valence-corrected chi connectivity index (χ0v) is 18.2. The summed E-state index contributed by atoms with van der Waals surface area (Å²) in [5, 5.41) is 6.16. The van der Waals surface area contributed by atoms with Gasteiger partial charge in [-0.25, -0.2) is 9.78 Å². The van der Waals surface area contributed by atoms with Crippen LogP contribution >= 0.6 is 11.3 Å². The highest BCUT2D eigenvalue weighted by atomic mass is 32.1. The molecule has 2 aromatic rings. The molecule has 0 bridgehead atoms. The molecule has 164 valence electrons. The molecule has 2 heterocycles. The third-order valence-corrected chi connectivity index (χ3v) is 5.84. The van der Waals surface area contributed by atoms with Crippen molar-refractivity contribution in [2.24, 2.45) is 0 Å². The van der Waals surface area contributed by atoms with Gasteiger partial charge >= 0.3 is 12.0 Å². The highest BCUT2D eigenvalue weighted by molar-refractivity contribution is 7.23. The minimum absolute atomic E-state index is 0.205. The number of urea groups is 1. The van der Waals surface area contributed by atoms with Gasteiger partial charge in [0.05, 0.1) is 37.8 Å². The van der Waals surface area contributed by atoms with Gasteiger partial charge in [0.1, 0.15) is 11.3 Å². The number of hydrogen-bond acceptors (Lipinski definition) is 8. The normalized spacial score (nSPS) is 13.9. The van der Waals surface area contributed by atoms with Crippen LogP contribution in [0.4, 0.5) is 15.6 Å². The average molecular weight is 437 g/mol. The number of amides is 2. The Hall–Kier alpha value is -2.59. The first kappa shape index (κ1) is 22.1. The maximum atomic E-state index is 12.2. The molecule has 0 saturated carbocycles. The number of benzene rings is 1. The topological polar surface area (TPSA) is 102 Å². The first-order valence-electron chi connectivity index (χ1n) is 10.0. The monoisotopic (exact) mass is 436 g/mol. The first-order valence-corrected chi connectivity index (χ1v) is 10.9. The molecule has 1 aliphatic rings. The lowest BCUT2D eigenvalue weighted by Gasteiger charge is -2.29. The van der Waals surface area contributed by atoms with Gasteiger partial charge in [-0.2, -0.15) is 0 Å². The van der Waals surface area contributed by atoms with Crippen molar-refractivity contribution >= 4 is 44.4 Å². The van der Waals surface area contributed by atoms with Crippen LogP contribution in [-0.2, 0) is 14.3 Å².